The molecule has 0 aromatic carbocycles. The number of pyridine rings is 2. The number of fused-ring (bicyclic) bond motifs is 1. The number of hydrogen-bond donors (Lipinski definition) is 2. The SMILES string of the molecule is CCOC(=O)c1cnn2cc(Br)c(NCc3cc(F)cnc3O[C@H]3C[C@@H](NC(=O)OC(C)(C)C)C3)cc12. The average Bonchev–Trinajstić information content (AvgIpc) is 3.18. The quantitative estimate of drug-likeness (QED) is 0.365. The highest BCUT2D eigenvalue weighted by atomic mass is 79.9. The van der Waals surface area contributed by atoms with E-state index in [2.05, 4.69) is 36.6 Å². The summed E-state index contributed by atoms with van der Waals surface area (Å²) in [7, 11) is 0. The van der Waals surface area contributed by atoms with Crippen molar-refractivity contribution in [1.82, 2.24) is 19.9 Å². The van der Waals surface area contributed by atoms with Crippen molar-refractivity contribution < 1.29 is 28.2 Å². The number of carbonyl (C=O) groups is 2. The van der Waals surface area contributed by atoms with E-state index < -0.39 is 23.5 Å². The molecule has 198 valence electrons. The summed E-state index contributed by atoms with van der Waals surface area (Å²) >= 11 is 3.50. The van der Waals surface area contributed by atoms with E-state index in [1.807, 2.05) is 0 Å². The van der Waals surface area contributed by atoms with Gasteiger partial charge in [0.05, 0.1) is 34.7 Å². The largest absolute Gasteiger partial charge is 0.474 e. The van der Waals surface area contributed by atoms with Crippen LogP contribution in [-0.4, -0.2) is 51.0 Å². The lowest BCUT2D eigenvalue weighted by Gasteiger charge is -2.36. The molecule has 0 unspecified atom stereocenters. The summed E-state index contributed by atoms with van der Waals surface area (Å²) in [5.41, 5.74) is 1.53. The maximum absolute atomic E-state index is 14.0. The number of aromatic nitrogens is 3. The second-order valence-electron chi connectivity index (χ2n) is 9.67. The molecule has 3 aromatic rings. The maximum Gasteiger partial charge on any atom is 0.407 e. The summed E-state index contributed by atoms with van der Waals surface area (Å²) in [6, 6.07) is 3.06. The van der Waals surface area contributed by atoms with Crippen LogP contribution in [0.15, 0.2) is 35.2 Å². The number of amides is 1. The Morgan fingerprint density at radius 1 is 1.24 bits per heavy atom. The van der Waals surface area contributed by atoms with E-state index in [9.17, 15) is 14.0 Å². The van der Waals surface area contributed by atoms with Gasteiger partial charge in [-0.1, -0.05) is 0 Å². The monoisotopic (exact) mass is 577 g/mol. The molecule has 0 radical (unpaired) electrons. The predicted octanol–water partition coefficient (Wildman–Crippen LogP) is 4.85. The van der Waals surface area contributed by atoms with E-state index >= 15 is 0 Å². The van der Waals surface area contributed by atoms with Crippen LogP contribution in [0.25, 0.3) is 5.52 Å². The van der Waals surface area contributed by atoms with Gasteiger partial charge in [0.2, 0.25) is 5.88 Å². The van der Waals surface area contributed by atoms with Gasteiger partial charge in [0.1, 0.15) is 23.1 Å². The Hall–Kier alpha value is -3.41. The van der Waals surface area contributed by atoms with Crippen molar-refractivity contribution in [2.24, 2.45) is 0 Å². The number of halogens is 2. The summed E-state index contributed by atoms with van der Waals surface area (Å²) in [4.78, 5) is 28.3. The van der Waals surface area contributed by atoms with Crippen LogP contribution in [-0.2, 0) is 16.0 Å². The van der Waals surface area contributed by atoms with Gasteiger partial charge in [0, 0.05) is 37.2 Å². The normalized spacial score (nSPS) is 17.1. The fourth-order valence-electron chi connectivity index (χ4n) is 3.81. The Kier molecular flexibility index (Phi) is 7.86. The lowest BCUT2D eigenvalue weighted by atomic mass is 9.89. The minimum absolute atomic E-state index is 0.0613. The van der Waals surface area contributed by atoms with Crippen LogP contribution in [0.5, 0.6) is 5.88 Å². The number of nitrogens with one attached hydrogen (secondary N) is 2. The molecule has 2 N–H and O–H groups in total. The standard InChI is InChI=1S/C25H29BrFN5O5/c1-5-35-23(33)18-12-30-32-13-19(26)20(9-21(18)32)28-10-14-6-15(27)11-29-22(14)36-17-7-16(8-17)31-24(34)37-25(2,3)4/h6,9,11-13,16-17,28H,5,7-8,10H2,1-4H3,(H,31,34)/t16-,17+. The first-order valence-electron chi connectivity index (χ1n) is 11.9. The molecule has 0 atom stereocenters. The van der Waals surface area contributed by atoms with Crippen LogP contribution in [0.1, 0.15) is 56.5 Å². The fraction of sp³-hybridized carbons (Fsp3) is 0.440. The molecule has 0 aliphatic heterocycles. The molecular weight excluding hydrogens is 549 g/mol. The number of rotatable bonds is 8. The summed E-state index contributed by atoms with van der Waals surface area (Å²) in [5.74, 6) is -0.642. The molecule has 0 saturated heterocycles. The van der Waals surface area contributed by atoms with Crippen LogP contribution in [0.2, 0.25) is 0 Å². The highest BCUT2D eigenvalue weighted by molar-refractivity contribution is 9.10. The third-order valence-corrected chi connectivity index (χ3v) is 6.19. The molecule has 12 heteroatoms. The molecule has 3 heterocycles. The Morgan fingerprint density at radius 3 is 2.70 bits per heavy atom. The smallest absolute Gasteiger partial charge is 0.407 e. The zero-order valence-corrected chi connectivity index (χ0v) is 22.6. The van der Waals surface area contributed by atoms with Gasteiger partial charge in [-0.15, -0.1) is 0 Å². The number of ether oxygens (including phenoxy) is 3. The first kappa shape index (κ1) is 26.6. The van der Waals surface area contributed by atoms with Crippen LogP contribution in [0, 0.1) is 5.82 Å². The molecule has 3 aromatic heterocycles. The van der Waals surface area contributed by atoms with Gasteiger partial charge in [0.15, 0.2) is 0 Å². The van der Waals surface area contributed by atoms with E-state index in [4.69, 9.17) is 14.2 Å². The number of nitrogens with zero attached hydrogens (tertiary/aromatic N) is 3. The van der Waals surface area contributed by atoms with E-state index in [1.165, 1.54) is 12.3 Å². The summed E-state index contributed by atoms with van der Waals surface area (Å²) in [5, 5.41) is 10.3. The minimum atomic E-state index is -0.568. The second-order valence-corrected chi connectivity index (χ2v) is 10.5. The zero-order valence-electron chi connectivity index (χ0n) is 21.0. The molecular formula is C25H29BrFN5O5. The van der Waals surface area contributed by atoms with Crippen LogP contribution >= 0.6 is 15.9 Å². The third-order valence-electron chi connectivity index (χ3n) is 5.56. The minimum Gasteiger partial charge on any atom is -0.474 e. The van der Waals surface area contributed by atoms with Crippen molar-refractivity contribution in [3.05, 3.63) is 52.1 Å². The van der Waals surface area contributed by atoms with Crippen molar-refractivity contribution in [2.45, 2.75) is 64.8 Å². The van der Waals surface area contributed by atoms with Crippen molar-refractivity contribution in [3.8, 4) is 5.88 Å². The Bertz CT molecular complexity index is 1300. The molecule has 1 amide bonds. The van der Waals surface area contributed by atoms with Gasteiger partial charge in [0.25, 0.3) is 0 Å². The zero-order chi connectivity index (χ0) is 26.7. The van der Waals surface area contributed by atoms with Crippen molar-refractivity contribution in [3.63, 3.8) is 0 Å². The van der Waals surface area contributed by atoms with E-state index in [1.54, 1.807) is 44.5 Å². The average molecular weight is 578 g/mol. The van der Waals surface area contributed by atoms with E-state index in [-0.39, 0.29) is 25.3 Å². The van der Waals surface area contributed by atoms with Gasteiger partial charge in [-0.3, -0.25) is 0 Å². The summed E-state index contributed by atoms with van der Waals surface area (Å²) in [6.45, 7) is 7.62. The van der Waals surface area contributed by atoms with Crippen molar-refractivity contribution in [2.75, 3.05) is 11.9 Å². The van der Waals surface area contributed by atoms with Gasteiger partial charge in [-0.2, -0.15) is 5.10 Å². The van der Waals surface area contributed by atoms with Crippen LogP contribution in [0.4, 0.5) is 14.9 Å². The van der Waals surface area contributed by atoms with E-state index in [0.717, 1.165) is 6.20 Å². The molecule has 1 aliphatic rings. The number of alkyl carbamates (subject to hydrolysis) is 1. The van der Waals surface area contributed by atoms with Crippen molar-refractivity contribution in [1.29, 1.82) is 0 Å². The molecule has 4 rings (SSSR count). The summed E-state index contributed by atoms with van der Waals surface area (Å²) < 4.78 is 32.7. The molecule has 0 spiro atoms. The van der Waals surface area contributed by atoms with Gasteiger partial charge in [-0.25, -0.2) is 23.5 Å². The number of anilines is 1. The van der Waals surface area contributed by atoms with Crippen molar-refractivity contribution >= 4 is 39.2 Å². The molecule has 1 saturated carbocycles. The fourth-order valence-corrected chi connectivity index (χ4v) is 4.25. The molecule has 1 fully saturated rings. The highest BCUT2D eigenvalue weighted by Gasteiger charge is 2.34. The van der Waals surface area contributed by atoms with Gasteiger partial charge in [-0.05, 0) is 55.8 Å². The number of esters is 1. The lowest BCUT2D eigenvalue weighted by Crippen LogP contribution is -2.50. The molecule has 1 aliphatic carbocycles. The maximum atomic E-state index is 14.0. The number of carbonyl (C=O) groups excluding carboxylic acids is 2. The topological polar surface area (TPSA) is 116 Å². The molecule has 10 nitrogen and oxygen atoms in total. The number of hydrogen-bond acceptors (Lipinski definition) is 8. The van der Waals surface area contributed by atoms with E-state index in [0.29, 0.717) is 45.5 Å². The Morgan fingerprint density at radius 2 is 2.00 bits per heavy atom. The Balaban J connectivity index is 1.41. The van der Waals surface area contributed by atoms with Crippen LogP contribution in [0.3, 0.4) is 0 Å². The lowest BCUT2D eigenvalue weighted by molar-refractivity contribution is 0.0351. The molecule has 37 heavy (non-hydrogen) atoms. The highest BCUT2D eigenvalue weighted by Crippen LogP contribution is 2.30. The summed E-state index contributed by atoms with van der Waals surface area (Å²) in [6.07, 6.45) is 4.82. The van der Waals surface area contributed by atoms with Gasteiger partial charge >= 0.3 is 12.1 Å². The first-order valence-corrected chi connectivity index (χ1v) is 12.7. The Labute approximate surface area is 222 Å². The predicted molar refractivity (Wildman–Crippen MR) is 137 cm³/mol. The van der Waals surface area contributed by atoms with Gasteiger partial charge < -0.3 is 24.8 Å². The third kappa shape index (κ3) is 6.68. The second kappa shape index (κ2) is 10.9. The molecule has 0 bridgehead atoms. The van der Waals surface area contributed by atoms with Crippen LogP contribution < -0.4 is 15.4 Å². The first-order chi connectivity index (χ1) is 17.5.